The highest BCUT2D eigenvalue weighted by atomic mass is 32.2. The van der Waals surface area contributed by atoms with E-state index in [0.717, 1.165) is 42.5 Å². The Bertz CT molecular complexity index is 924. The van der Waals surface area contributed by atoms with Crippen molar-refractivity contribution in [2.45, 2.75) is 11.1 Å². The third-order valence-corrected chi connectivity index (χ3v) is 4.76. The van der Waals surface area contributed by atoms with Crippen LogP contribution in [0.5, 0.6) is 0 Å². The van der Waals surface area contributed by atoms with Crippen molar-refractivity contribution >= 4 is 15.9 Å². The molecule has 0 bridgehead atoms. The summed E-state index contributed by atoms with van der Waals surface area (Å²) >= 11 is 0. The van der Waals surface area contributed by atoms with E-state index in [1.165, 1.54) is 12.1 Å². The lowest BCUT2D eigenvalue weighted by molar-refractivity contribution is -0.137. The highest BCUT2D eigenvalue weighted by molar-refractivity contribution is 7.95. The summed E-state index contributed by atoms with van der Waals surface area (Å²) in [6, 6.07) is 9.31. The van der Waals surface area contributed by atoms with Gasteiger partial charge in [-0.05, 0) is 42.0 Å². The Morgan fingerprint density at radius 1 is 1.04 bits per heavy atom. The third kappa shape index (κ3) is 3.63. The molecule has 2 rings (SSSR count). The molecule has 0 aromatic heterocycles. The zero-order valence-electron chi connectivity index (χ0n) is 11.9. The number of nitrogens with zero attached hydrogens (tertiary/aromatic N) is 1. The summed E-state index contributed by atoms with van der Waals surface area (Å²) in [4.78, 5) is -1.26. The van der Waals surface area contributed by atoms with Crippen LogP contribution in [0.1, 0.15) is 11.1 Å². The maximum absolute atomic E-state index is 13.0. The fourth-order valence-corrected chi connectivity index (χ4v) is 3.08. The molecule has 2 aromatic carbocycles. The monoisotopic (exact) mass is 355 g/mol. The van der Waals surface area contributed by atoms with Crippen molar-refractivity contribution in [2.75, 3.05) is 0 Å². The summed E-state index contributed by atoms with van der Waals surface area (Å²) in [5.41, 5.74) is -1.51. The number of hydrogen-bond donors (Lipinski definition) is 0. The van der Waals surface area contributed by atoms with Gasteiger partial charge in [0.15, 0.2) is 0 Å². The second-order valence-electron chi connectivity index (χ2n) is 4.66. The Morgan fingerprint density at radius 2 is 1.62 bits per heavy atom. The highest BCUT2D eigenvalue weighted by Crippen LogP contribution is 2.33. The number of allylic oxidation sites excluding steroid dienone is 1. The van der Waals surface area contributed by atoms with Gasteiger partial charge in [-0.2, -0.15) is 18.4 Å². The highest BCUT2D eigenvalue weighted by Gasteiger charge is 2.33. The quantitative estimate of drug-likeness (QED) is 0.471. The SMILES string of the molecule is N#CC(=Cc1ccccc1C(F)(F)F)S(=O)(=O)c1ccc(F)cc1. The predicted octanol–water partition coefficient (Wildman–Crippen LogP) is 4.18. The van der Waals surface area contributed by atoms with Crippen molar-refractivity contribution in [1.82, 2.24) is 0 Å². The Kier molecular flexibility index (Phi) is 4.76. The number of halogens is 4. The van der Waals surface area contributed by atoms with Crippen molar-refractivity contribution in [1.29, 1.82) is 5.26 Å². The van der Waals surface area contributed by atoms with E-state index in [1.807, 2.05) is 0 Å². The van der Waals surface area contributed by atoms with E-state index in [0.29, 0.717) is 6.08 Å². The van der Waals surface area contributed by atoms with Gasteiger partial charge in [-0.15, -0.1) is 0 Å². The molecule has 0 radical (unpaired) electrons. The number of nitriles is 1. The van der Waals surface area contributed by atoms with Crippen molar-refractivity contribution in [3.8, 4) is 6.07 Å². The summed E-state index contributed by atoms with van der Waals surface area (Å²) in [6.45, 7) is 0. The molecule has 0 atom stereocenters. The predicted molar refractivity (Wildman–Crippen MR) is 78.6 cm³/mol. The lowest BCUT2D eigenvalue weighted by atomic mass is 10.1. The number of sulfone groups is 1. The zero-order chi connectivity index (χ0) is 18.0. The van der Waals surface area contributed by atoms with Crippen LogP contribution >= 0.6 is 0 Å². The van der Waals surface area contributed by atoms with Crippen LogP contribution in [0.4, 0.5) is 17.6 Å². The van der Waals surface area contributed by atoms with E-state index in [-0.39, 0.29) is 4.90 Å². The van der Waals surface area contributed by atoms with E-state index in [2.05, 4.69) is 0 Å². The van der Waals surface area contributed by atoms with Crippen molar-refractivity contribution in [2.24, 2.45) is 0 Å². The molecule has 0 spiro atoms. The molecule has 0 unspecified atom stereocenters. The van der Waals surface area contributed by atoms with Crippen LogP contribution in [-0.2, 0) is 16.0 Å². The summed E-state index contributed by atoms with van der Waals surface area (Å²) in [5, 5.41) is 9.08. The molecule has 124 valence electrons. The Hall–Kier alpha value is -2.66. The lowest BCUT2D eigenvalue weighted by Crippen LogP contribution is -2.08. The van der Waals surface area contributed by atoms with Gasteiger partial charge in [-0.25, -0.2) is 12.8 Å². The summed E-state index contributed by atoms with van der Waals surface area (Å²) in [5.74, 6) is -0.682. The van der Waals surface area contributed by atoms with Gasteiger partial charge in [-0.1, -0.05) is 18.2 Å². The van der Waals surface area contributed by atoms with Gasteiger partial charge in [0.2, 0.25) is 9.84 Å². The maximum atomic E-state index is 13.0. The van der Waals surface area contributed by atoms with E-state index in [1.54, 1.807) is 0 Å². The minimum Gasteiger partial charge on any atom is -0.218 e. The van der Waals surface area contributed by atoms with Gasteiger partial charge in [0.1, 0.15) is 16.8 Å². The van der Waals surface area contributed by atoms with Crippen LogP contribution in [0.15, 0.2) is 58.3 Å². The largest absolute Gasteiger partial charge is 0.416 e. The fraction of sp³-hybridized carbons (Fsp3) is 0.0625. The number of benzene rings is 2. The average Bonchev–Trinajstić information content (AvgIpc) is 2.52. The van der Waals surface area contributed by atoms with E-state index in [9.17, 15) is 26.0 Å². The minimum absolute atomic E-state index is 0.388. The van der Waals surface area contributed by atoms with Crippen LogP contribution in [0, 0.1) is 17.1 Å². The van der Waals surface area contributed by atoms with Gasteiger partial charge in [0.25, 0.3) is 0 Å². The molecule has 0 heterocycles. The van der Waals surface area contributed by atoms with Crippen LogP contribution in [0.25, 0.3) is 6.08 Å². The van der Waals surface area contributed by atoms with Crippen LogP contribution in [0.2, 0.25) is 0 Å². The average molecular weight is 355 g/mol. The van der Waals surface area contributed by atoms with Crippen LogP contribution in [-0.4, -0.2) is 8.42 Å². The number of rotatable bonds is 3. The number of hydrogen-bond acceptors (Lipinski definition) is 3. The van der Waals surface area contributed by atoms with Gasteiger partial charge in [0.05, 0.1) is 10.5 Å². The Balaban J connectivity index is 2.59. The first-order valence-corrected chi connectivity index (χ1v) is 7.93. The van der Waals surface area contributed by atoms with Gasteiger partial charge < -0.3 is 0 Å². The second kappa shape index (κ2) is 6.45. The van der Waals surface area contributed by atoms with Crippen LogP contribution < -0.4 is 0 Å². The minimum atomic E-state index is -4.70. The third-order valence-electron chi connectivity index (χ3n) is 3.08. The van der Waals surface area contributed by atoms with Crippen molar-refractivity contribution in [3.63, 3.8) is 0 Å². The molecule has 0 saturated carbocycles. The Morgan fingerprint density at radius 3 is 2.17 bits per heavy atom. The molecule has 24 heavy (non-hydrogen) atoms. The normalized spacial score (nSPS) is 12.7. The second-order valence-corrected chi connectivity index (χ2v) is 6.58. The maximum Gasteiger partial charge on any atom is 0.416 e. The summed E-state index contributed by atoms with van der Waals surface area (Å²) < 4.78 is 76.5. The lowest BCUT2D eigenvalue weighted by Gasteiger charge is -2.10. The van der Waals surface area contributed by atoms with Crippen molar-refractivity contribution < 1.29 is 26.0 Å². The molecule has 0 aliphatic carbocycles. The molecule has 0 aliphatic rings. The molecule has 3 nitrogen and oxygen atoms in total. The molecule has 0 fully saturated rings. The molecule has 2 aromatic rings. The molecule has 0 saturated heterocycles. The smallest absolute Gasteiger partial charge is 0.218 e. The molecular weight excluding hydrogens is 346 g/mol. The first-order valence-electron chi connectivity index (χ1n) is 6.45. The summed E-state index contributed by atoms with van der Waals surface area (Å²) in [7, 11) is -4.36. The van der Waals surface area contributed by atoms with E-state index < -0.39 is 37.9 Å². The fourth-order valence-electron chi connectivity index (χ4n) is 1.93. The van der Waals surface area contributed by atoms with Gasteiger partial charge in [-0.3, -0.25) is 0 Å². The zero-order valence-corrected chi connectivity index (χ0v) is 12.7. The Labute approximate surface area is 135 Å². The topological polar surface area (TPSA) is 57.9 Å². The van der Waals surface area contributed by atoms with E-state index >= 15 is 0 Å². The summed E-state index contributed by atoms with van der Waals surface area (Å²) in [6.07, 6.45) is -4.05. The molecule has 8 heteroatoms. The molecule has 0 N–H and O–H groups in total. The van der Waals surface area contributed by atoms with Crippen molar-refractivity contribution in [3.05, 3.63) is 70.4 Å². The molecular formula is C16H9F4NO2S. The van der Waals surface area contributed by atoms with E-state index in [4.69, 9.17) is 5.26 Å². The molecule has 0 amide bonds. The first-order chi connectivity index (χ1) is 11.2. The standard InChI is InChI=1S/C16H9F4NO2S/c17-12-5-7-13(8-6-12)24(22,23)14(10-21)9-11-3-1-2-4-15(11)16(18,19)20/h1-9H. The van der Waals surface area contributed by atoms with Gasteiger partial charge >= 0.3 is 6.18 Å². The first kappa shape index (κ1) is 17.7. The van der Waals surface area contributed by atoms with Gasteiger partial charge in [0, 0.05) is 0 Å². The molecule has 0 aliphatic heterocycles. The van der Waals surface area contributed by atoms with Crippen LogP contribution in [0.3, 0.4) is 0 Å². The number of alkyl halides is 3.